The molecule has 0 atom stereocenters. The van der Waals surface area contributed by atoms with Crippen LogP contribution in [-0.4, -0.2) is 24.9 Å². The van der Waals surface area contributed by atoms with E-state index < -0.39 is 0 Å². The lowest BCUT2D eigenvalue weighted by Crippen LogP contribution is -2.00. The van der Waals surface area contributed by atoms with Crippen LogP contribution in [-0.2, 0) is 0 Å². The van der Waals surface area contributed by atoms with Crippen molar-refractivity contribution in [3.8, 4) is 0 Å². The molecule has 0 saturated carbocycles. The monoisotopic (exact) mass is 255 g/mol. The molecule has 0 aliphatic carbocycles. The van der Waals surface area contributed by atoms with Crippen molar-refractivity contribution in [1.82, 2.24) is 24.9 Å². The molecule has 90 valence electrons. The minimum atomic E-state index is 0.0972. The second kappa shape index (κ2) is 5.61. The van der Waals surface area contributed by atoms with Gasteiger partial charge in [-0.25, -0.2) is 15.0 Å². The highest BCUT2D eigenvalue weighted by Gasteiger charge is 1.93. The van der Waals surface area contributed by atoms with E-state index in [1.807, 2.05) is 0 Å². The fraction of sp³-hybridized carbons (Fsp3) is 0. The second-order valence-corrected chi connectivity index (χ2v) is 3.06. The molecule has 8 N–H and O–H groups in total. The number of anilines is 4. The molecule has 0 bridgehead atoms. The van der Waals surface area contributed by atoms with Gasteiger partial charge in [-0.15, -0.1) is 0 Å². The third-order valence-corrected chi connectivity index (χ3v) is 1.53. The molecule has 0 saturated heterocycles. The summed E-state index contributed by atoms with van der Waals surface area (Å²) in [6.07, 6.45) is 1.26. The summed E-state index contributed by atoms with van der Waals surface area (Å²) < 4.78 is 0. The Morgan fingerprint density at radius 1 is 0.824 bits per heavy atom. The molecular formula is C7H10ClN9. The Morgan fingerprint density at radius 3 is 1.76 bits per heavy atom. The van der Waals surface area contributed by atoms with Crippen molar-refractivity contribution in [3.63, 3.8) is 0 Å². The Morgan fingerprint density at radius 2 is 1.41 bits per heavy atom. The summed E-state index contributed by atoms with van der Waals surface area (Å²) >= 11 is 5.44. The lowest BCUT2D eigenvalue weighted by molar-refractivity contribution is 1.08. The van der Waals surface area contributed by atoms with E-state index in [0.717, 1.165) is 0 Å². The number of hydrogen-bond acceptors (Lipinski definition) is 9. The highest BCUT2D eigenvalue weighted by Crippen LogP contribution is 2.08. The Labute approximate surface area is 101 Å². The Balaban J connectivity index is 0.000000171. The van der Waals surface area contributed by atoms with Crippen molar-refractivity contribution in [1.29, 1.82) is 0 Å². The second-order valence-electron chi connectivity index (χ2n) is 2.68. The molecule has 0 spiro atoms. The van der Waals surface area contributed by atoms with Gasteiger partial charge in [0.05, 0.1) is 0 Å². The molecule has 9 nitrogen and oxygen atoms in total. The molecule has 0 aromatic carbocycles. The summed E-state index contributed by atoms with van der Waals surface area (Å²) in [4.78, 5) is 17.7. The van der Waals surface area contributed by atoms with Gasteiger partial charge in [0.2, 0.25) is 17.8 Å². The SMILES string of the molecule is Nc1cc(Cl)nc(N)n1.Nc1ncnc(N)n1. The van der Waals surface area contributed by atoms with Crippen LogP contribution in [0.3, 0.4) is 0 Å². The highest BCUT2D eigenvalue weighted by atomic mass is 35.5. The maximum absolute atomic E-state index is 5.44. The third-order valence-electron chi connectivity index (χ3n) is 1.34. The first-order valence-corrected chi connectivity index (χ1v) is 4.60. The van der Waals surface area contributed by atoms with Crippen molar-refractivity contribution in [2.24, 2.45) is 0 Å². The van der Waals surface area contributed by atoms with Crippen molar-refractivity contribution in [3.05, 3.63) is 17.5 Å². The van der Waals surface area contributed by atoms with E-state index in [9.17, 15) is 0 Å². The van der Waals surface area contributed by atoms with E-state index >= 15 is 0 Å². The van der Waals surface area contributed by atoms with Crippen molar-refractivity contribution < 1.29 is 0 Å². The quantitative estimate of drug-likeness (QED) is 0.446. The molecule has 0 aliphatic rings. The van der Waals surface area contributed by atoms with Gasteiger partial charge in [0, 0.05) is 6.07 Å². The molecule has 10 heteroatoms. The van der Waals surface area contributed by atoms with E-state index in [0.29, 0.717) is 0 Å². The number of aromatic nitrogens is 5. The Hall–Kier alpha value is -2.42. The van der Waals surface area contributed by atoms with Gasteiger partial charge in [-0.2, -0.15) is 9.97 Å². The topological polar surface area (TPSA) is 169 Å². The summed E-state index contributed by atoms with van der Waals surface area (Å²) in [7, 11) is 0. The average Bonchev–Trinajstić information content (AvgIpc) is 2.15. The number of halogens is 1. The van der Waals surface area contributed by atoms with E-state index in [2.05, 4.69) is 24.9 Å². The molecule has 0 amide bonds. The van der Waals surface area contributed by atoms with Gasteiger partial charge in [-0.3, -0.25) is 0 Å². The smallest absolute Gasteiger partial charge is 0.224 e. The van der Waals surface area contributed by atoms with Crippen LogP contribution in [0, 0.1) is 0 Å². The molecule has 0 aliphatic heterocycles. The van der Waals surface area contributed by atoms with Crippen LogP contribution >= 0.6 is 11.6 Å². The minimum absolute atomic E-state index is 0.0972. The fourth-order valence-electron chi connectivity index (χ4n) is 0.776. The van der Waals surface area contributed by atoms with Gasteiger partial charge in [-0.1, -0.05) is 11.6 Å². The zero-order valence-electron chi connectivity index (χ0n) is 8.58. The van der Waals surface area contributed by atoms with E-state index in [4.69, 9.17) is 34.5 Å². The first-order chi connectivity index (χ1) is 7.97. The molecule has 0 radical (unpaired) electrons. The number of nitrogen functional groups attached to an aromatic ring is 4. The van der Waals surface area contributed by atoms with E-state index in [1.165, 1.54) is 12.4 Å². The van der Waals surface area contributed by atoms with Crippen LogP contribution in [0.5, 0.6) is 0 Å². The van der Waals surface area contributed by atoms with Crippen LogP contribution in [0.2, 0.25) is 5.15 Å². The Kier molecular flexibility index (Phi) is 4.17. The lowest BCUT2D eigenvalue weighted by atomic mass is 10.6. The van der Waals surface area contributed by atoms with Crippen molar-refractivity contribution in [2.45, 2.75) is 0 Å². The van der Waals surface area contributed by atoms with Gasteiger partial charge < -0.3 is 22.9 Å². The summed E-state index contributed by atoms with van der Waals surface area (Å²) in [6.45, 7) is 0. The van der Waals surface area contributed by atoms with Crippen LogP contribution in [0.25, 0.3) is 0 Å². The number of nitrogens with two attached hydrogens (primary N) is 4. The third kappa shape index (κ3) is 4.75. The summed E-state index contributed by atoms with van der Waals surface area (Å²) in [6, 6.07) is 1.43. The van der Waals surface area contributed by atoms with Gasteiger partial charge in [0.25, 0.3) is 0 Å². The van der Waals surface area contributed by atoms with Crippen molar-refractivity contribution in [2.75, 3.05) is 22.9 Å². The molecule has 2 aromatic heterocycles. The van der Waals surface area contributed by atoms with Crippen LogP contribution in [0.15, 0.2) is 12.4 Å². The summed E-state index contributed by atoms with van der Waals surface area (Å²) in [5.41, 5.74) is 20.6. The fourth-order valence-corrected chi connectivity index (χ4v) is 0.974. The molecular weight excluding hydrogens is 246 g/mol. The maximum atomic E-state index is 5.44. The predicted molar refractivity (Wildman–Crippen MR) is 64.5 cm³/mol. The molecule has 2 aromatic rings. The van der Waals surface area contributed by atoms with Gasteiger partial charge in [-0.05, 0) is 0 Å². The van der Waals surface area contributed by atoms with Gasteiger partial charge in [0.15, 0.2) is 0 Å². The predicted octanol–water partition coefficient (Wildman–Crippen LogP) is -0.670. The molecule has 2 heterocycles. The zero-order valence-corrected chi connectivity index (χ0v) is 9.33. The zero-order chi connectivity index (χ0) is 12.8. The average molecular weight is 256 g/mol. The van der Waals surface area contributed by atoms with Crippen LogP contribution in [0.4, 0.5) is 23.7 Å². The minimum Gasteiger partial charge on any atom is -0.383 e. The summed E-state index contributed by atoms with van der Waals surface area (Å²) in [5.74, 6) is 0.683. The highest BCUT2D eigenvalue weighted by molar-refractivity contribution is 6.29. The van der Waals surface area contributed by atoms with Crippen molar-refractivity contribution >= 4 is 35.3 Å². The molecule has 17 heavy (non-hydrogen) atoms. The largest absolute Gasteiger partial charge is 0.383 e. The molecule has 0 fully saturated rings. The lowest BCUT2D eigenvalue weighted by Gasteiger charge is -1.93. The Bertz CT molecular complexity index is 435. The number of nitrogens with zero attached hydrogens (tertiary/aromatic N) is 5. The first kappa shape index (κ1) is 12.6. The van der Waals surface area contributed by atoms with Gasteiger partial charge in [0.1, 0.15) is 17.3 Å². The number of rotatable bonds is 0. The van der Waals surface area contributed by atoms with Gasteiger partial charge >= 0.3 is 0 Å². The maximum Gasteiger partial charge on any atom is 0.224 e. The normalized spacial score (nSPS) is 9.24. The van der Waals surface area contributed by atoms with Crippen LogP contribution in [0.1, 0.15) is 0 Å². The first-order valence-electron chi connectivity index (χ1n) is 4.23. The standard InChI is InChI=1S/C4H5ClN4.C3H5N5/c5-2-1-3(6)9-4(7)8-2;4-2-6-1-7-3(5)8-2/h1H,(H4,6,7,8,9);1H,(H4,4,5,6,7,8). The van der Waals surface area contributed by atoms with E-state index in [-0.39, 0.29) is 28.8 Å². The van der Waals surface area contributed by atoms with E-state index in [1.54, 1.807) is 0 Å². The molecule has 2 rings (SSSR count). The summed E-state index contributed by atoms with van der Waals surface area (Å²) in [5, 5.41) is 0.264. The number of hydrogen-bond donors (Lipinski definition) is 4. The van der Waals surface area contributed by atoms with Crippen LogP contribution < -0.4 is 22.9 Å². The molecule has 0 unspecified atom stereocenters.